The third-order valence-electron chi connectivity index (χ3n) is 11.8. The monoisotopic (exact) mass is 864 g/mol. The molecule has 2 aliphatic carbocycles. The maximum atomic E-state index is 6.73. The minimum absolute atomic E-state index is 0. The first-order valence-electron chi connectivity index (χ1n) is 18.4. The van der Waals surface area contributed by atoms with Gasteiger partial charge in [-0.05, 0) is 0 Å². The number of hydrogen-bond acceptors (Lipinski definition) is 0. The van der Waals surface area contributed by atoms with E-state index in [9.17, 15) is 0 Å². The average Bonchev–Trinajstić information content (AvgIpc) is 3.78. The number of halogens is 4. The Morgan fingerprint density at radius 3 is 1.69 bits per heavy atom. The van der Waals surface area contributed by atoms with Gasteiger partial charge in [0, 0.05) is 0 Å². The van der Waals surface area contributed by atoms with Crippen LogP contribution in [0.1, 0.15) is 45.2 Å². The van der Waals surface area contributed by atoms with E-state index in [1.165, 1.54) is 63.2 Å². The van der Waals surface area contributed by atoms with E-state index in [1.807, 2.05) is 0 Å². The van der Waals surface area contributed by atoms with Crippen LogP contribution in [0, 0.1) is 11.3 Å². The molecule has 0 aliphatic heterocycles. The van der Waals surface area contributed by atoms with Gasteiger partial charge >= 0.3 is 322 Å². The van der Waals surface area contributed by atoms with E-state index in [0.29, 0.717) is 0 Å². The van der Waals surface area contributed by atoms with Crippen LogP contribution in [-0.4, -0.2) is 4.21 Å². The summed E-state index contributed by atoms with van der Waals surface area (Å²) in [6, 6.07) is 51.0. The maximum absolute atomic E-state index is 6.73. The van der Waals surface area contributed by atoms with Crippen molar-refractivity contribution in [2.24, 2.45) is 11.3 Å². The number of benzene rings is 6. The van der Waals surface area contributed by atoms with Gasteiger partial charge in [0.05, 0.1) is 0 Å². The Morgan fingerprint density at radius 1 is 0.630 bits per heavy atom. The molecule has 0 saturated carbocycles. The topological polar surface area (TPSA) is 0 Å². The van der Waals surface area contributed by atoms with Crippen molar-refractivity contribution < 1.29 is 18.3 Å². The zero-order valence-corrected chi connectivity index (χ0v) is 36.8. The van der Waals surface area contributed by atoms with Gasteiger partial charge in [-0.2, -0.15) is 0 Å². The first kappa shape index (κ1) is 40.4. The van der Waals surface area contributed by atoms with Gasteiger partial charge in [0.25, 0.3) is 0 Å². The summed E-state index contributed by atoms with van der Waals surface area (Å²) in [6.45, 7) is 9.33. The van der Waals surface area contributed by atoms with Crippen LogP contribution in [0.25, 0.3) is 33.4 Å². The molecule has 1 atom stereocenters. The van der Waals surface area contributed by atoms with Crippen molar-refractivity contribution in [1.82, 2.24) is 0 Å². The first-order chi connectivity index (χ1) is 25.0. The number of fused-ring (bicyclic) bond motifs is 3. The molecular weight excluding hydrogens is 822 g/mol. The van der Waals surface area contributed by atoms with E-state index in [-0.39, 0.29) is 36.1 Å². The molecule has 0 aromatic heterocycles. The Kier molecular flexibility index (Phi) is 11.5. The van der Waals surface area contributed by atoms with Gasteiger partial charge in [-0.25, -0.2) is 0 Å². The summed E-state index contributed by atoms with van der Waals surface area (Å²) >= 11 is 8.15. The quantitative estimate of drug-likeness (QED) is 0.150. The third kappa shape index (κ3) is 6.49. The molecule has 0 fully saturated rings. The predicted molar refractivity (Wildman–Crippen MR) is 238 cm³/mol. The van der Waals surface area contributed by atoms with Gasteiger partial charge in [-0.1, -0.05) is 0 Å². The number of allylic oxidation sites excluding steroid dienone is 4. The van der Waals surface area contributed by atoms with Crippen molar-refractivity contribution in [3.63, 3.8) is 0 Å². The molecule has 6 aromatic rings. The summed E-state index contributed by atoms with van der Waals surface area (Å²) in [5.41, 5.74) is 11.7. The second kappa shape index (κ2) is 15.3. The average molecular weight is 868 g/mol. The summed E-state index contributed by atoms with van der Waals surface area (Å²) in [5, 5.41) is 1.46. The molecule has 274 valence electrons. The van der Waals surface area contributed by atoms with Gasteiger partial charge < -0.3 is 0 Å². The molecule has 0 nitrogen and oxygen atoms in total. The summed E-state index contributed by atoms with van der Waals surface area (Å²) < 4.78 is 11.3. The normalized spacial score (nSPS) is 15.0. The molecule has 0 bridgehead atoms. The third-order valence-corrected chi connectivity index (χ3v) is 28.7. The molecule has 8 rings (SSSR count). The van der Waals surface area contributed by atoms with E-state index in [0.717, 1.165) is 22.9 Å². The first-order valence-corrected chi connectivity index (χ1v) is 25.8. The number of hydrogen-bond donors (Lipinski definition) is 0. The molecule has 54 heavy (non-hydrogen) atoms. The summed E-state index contributed by atoms with van der Waals surface area (Å²) in [4.78, 5) is 0. The molecule has 2 aliphatic rings. The van der Waals surface area contributed by atoms with E-state index in [4.69, 9.17) is 27.4 Å². The van der Waals surface area contributed by atoms with Crippen molar-refractivity contribution in [3.05, 3.63) is 182 Å². The molecule has 1 unspecified atom stereocenters. The van der Waals surface area contributed by atoms with Crippen molar-refractivity contribution >= 4 is 62.0 Å². The van der Waals surface area contributed by atoms with E-state index >= 15 is 0 Å². The van der Waals surface area contributed by atoms with Crippen molar-refractivity contribution in [1.29, 1.82) is 0 Å². The van der Waals surface area contributed by atoms with Crippen LogP contribution < -0.4 is 9.81 Å². The molecule has 0 saturated heterocycles. The van der Waals surface area contributed by atoms with Crippen LogP contribution in [-0.2, 0) is 24.7 Å². The zero-order valence-electron chi connectivity index (χ0n) is 31.2. The van der Waals surface area contributed by atoms with Crippen molar-refractivity contribution in [2.75, 3.05) is 0 Å². The van der Waals surface area contributed by atoms with Gasteiger partial charge in [-0.15, -0.1) is 24.8 Å². The molecule has 0 amide bonds. The fourth-order valence-electron chi connectivity index (χ4n) is 9.15. The second-order valence-corrected chi connectivity index (χ2v) is 29.3. The molecule has 6 aromatic carbocycles. The fourth-order valence-corrected chi connectivity index (χ4v) is 26.5. The Bertz CT molecular complexity index is 2400. The fraction of sp³-hybridized carbons (Fsp3) is 0.163. The van der Waals surface area contributed by atoms with Crippen LogP contribution in [0.3, 0.4) is 0 Å². The Morgan fingerprint density at radius 2 is 1.15 bits per heavy atom. The molecular formula is C49H46Cl4Zr. The van der Waals surface area contributed by atoms with Crippen LogP contribution >= 0.6 is 48.0 Å². The van der Waals surface area contributed by atoms with Crippen LogP contribution in [0.15, 0.2) is 161 Å². The Labute approximate surface area is 344 Å². The summed E-state index contributed by atoms with van der Waals surface area (Å²) in [5.74, 6) is 0.233. The molecule has 0 heterocycles. The van der Waals surface area contributed by atoms with Gasteiger partial charge in [0.2, 0.25) is 0 Å². The summed E-state index contributed by atoms with van der Waals surface area (Å²) in [7, 11) is 0. The standard InChI is InChI=1S/C25H17.C11H17.2C6H4Cl.CH2.2ClH.Zr/c1-3-7-18(8-4-1)20-11-13-24-22(15-20)17-23-16-21(12-14-25(23)24)19-9-5-2-6-10-19;1-5-9-6-7-10(8-9)11(2,3)4;2*7-6-4-2-1-3-5-6;;;;/h1-15H,17H2;7-9H,5H2,1-4H3;2*2-5H;1H2;2*1H;. The Hall–Kier alpha value is -3.29. The Balaban J connectivity index is 0.00000249. The molecule has 0 spiro atoms. The number of rotatable bonds is 7. The van der Waals surface area contributed by atoms with E-state index in [1.54, 1.807) is 0 Å². The van der Waals surface area contributed by atoms with Crippen LogP contribution in [0.4, 0.5) is 0 Å². The van der Waals surface area contributed by atoms with Gasteiger partial charge in [0.15, 0.2) is 0 Å². The SMILES string of the molecule is Cl.Cl.[CH2]=[Zr]([C]1=CC(C(C)(C)C)=CC1CC)([c]1ccc(Cl)cc1)([c]1ccc(Cl)cc1)[c]1c(-c2ccccc2)ccc2c1Cc1cc(-c3ccccc3)ccc1-2. The van der Waals surface area contributed by atoms with Gasteiger partial charge in [0.1, 0.15) is 0 Å². The van der Waals surface area contributed by atoms with Crippen molar-refractivity contribution in [2.45, 2.75) is 40.5 Å². The van der Waals surface area contributed by atoms with E-state index < -0.39 is 18.3 Å². The molecule has 0 N–H and O–H groups in total. The van der Waals surface area contributed by atoms with Crippen molar-refractivity contribution in [3.8, 4) is 33.4 Å². The summed E-state index contributed by atoms with van der Waals surface area (Å²) in [6.07, 6.45) is 6.94. The molecule has 0 radical (unpaired) electrons. The van der Waals surface area contributed by atoms with E-state index in [2.05, 4.69) is 179 Å². The second-order valence-electron chi connectivity index (χ2n) is 15.8. The zero-order chi connectivity index (χ0) is 36.3. The van der Waals surface area contributed by atoms with Crippen LogP contribution in [0.5, 0.6) is 0 Å². The predicted octanol–water partition coefficient (Wildman–Crippen LogP) is 13.0. The van der Waals surface area contributed by atoms with Gasteiger partial charge in [-0.3, -0.25) is 0 Å². The molecule has 5 heteroatoms. The minimum atomic E-state index is -5.30. The van der Waals surface area contributed by atoms with Crippen LogP contribution in [0.2, 0.25) is 10.0 Å².